The Morgan fingerprint density at radius 3 is 2.33 bits per heavy atom. The molecule has 33 heavy (non-hydrogen) atoms. The Hall–Kier alpha value is -3.10. The zero-order chi connectivity index (χ0) is 23.2. The normalized spacial score (nSPS) is 15.0. The predicted octanol–water partition coefficient (Wildman–Crippen LogP) is 3.22. The first-order chi connectivity index (χ1) is 16.1. The van der Waals surface area contributed by atoms with Crippen molar-refractivity contribution in [2.45, 2.75) is 26.9 Å². The van der Waals surface area contributed by atoms with Crippen LogP contribution < -0.4 is 14.8 Å². The van der Waals surface area contributed by atoms with E-state index in [-0.39, 0.29) is 12.5 Å². The van der Waals surface area contributed by atoms with Gasteiger partial charge in [-0.1, -0.05) is 6.92 Å². The lowest BCUT2D eigenvalue weighted by Gasteiger charge is -2.33. The number of benzene rings is 2. The molecule has 4 rings (SSSR count). The van der Waals surface area contributed by atoms with Gasteiger partial charge in [0.2, 0.25) is 0 Å². The van der Waals surface area contributed by atoms with E-state index in [0.717, 1.165) is 74.1 Å². The van der Waals surface area contributed by atoms with Crippen LogP contribution in [0.25, 0.3) is 11.0 Å². The van der Waals surface area contributed by atoms with Crippen molar-refractivity contribution < 1.29 is 14.3 Å². The second kappa shape index (κ2) is 10.7. The first kappa shape index (κ1) is 23.1. The number of imidazole rings is 1. The van der Waals surface area contributed by atoms with Crippen molar-refractivity contribution in [3.8, 4) is 11.5 Å². The highest BCUT2D eigenvalue weighted by Crippen LogP contribution is 2.22. The summed E-state index contributed by atoms with van der Waals surface area (Å²) >= 11 is 0. The molecule has 1 aromatic heterocycles. The number of nitrogens with one attached hydrogen (secondary N) is 1. The molecule has 8 nitrogen and oxygen atoms in total. The molecule has 1 saturated heterocycles. The Balaban J connectivity index is 1.39. The molecule has 0 aliphatic carbocycles. The van der Waals surface area contributed by atoms with E-state index in [0.29, 0.717) is 5.75 Å². The molecule has 1 aliphatic heterocycles. The zero-order valence-electron chi connectivity index (χ0n) is 19.7. The van der Waals surface area contributed by atoms with Gasteiger partial charge in [-0.05, 0) is 55.9 Å². The van der Waals surface area contributed by atoms with Gasteiger partial charge in [-0.15, -0.1) is 0 Å². The quantitative estimate of drug-likeness (QED) is 0.539. The van der Waals surface area contributed by atoms with Gasteiger partial charge in [0.1, 0.15) is 17.3 Å². The minimum absolute atomic E-state index is 0.0667. The van der Waals surface area contributed by atoms with E-state index in [2.05, 4.69) is 33.5 Å². The topological polar surface area (TPSA) is 71.9 Å². The van der Waals surface area contributed by atoms with E-state index < -0.39 is 0 Å². The van der Waals surface area contributed by atoms with Crippen LogP contribution in [0.15, 0.2) is 42.5 Å². The number of piperazine rings is 1. The van der Waals surface area contributed by atoms with Crippen molar-refractivity contribution in [1.29, 1.82) is 0 Å². The van der Waals surface area contributed by atoms with Crippen molar-refractivity contribution in [1.82, 2.24) is 19.4 Å². The van der Waals surface area contributed by atoms with Crippen LogP contribution in [0.1, 0.15) is 19.7 Å². The minimum atomic E-state index is -0.214. The third kappa shape index (κ3) is 5.64. The molecular formula is C25H33N5O3. The largest absolute Gasteiger partial charge is 0.497 e. The number of anilines is 1. The Bertz CT molecular complexity index is 1070. The number of ether oxygens (including phenoxy) is 2. The number of carbonyl (C=O) groups is 1. The average Bonchev–Trinajstić information content (AvgIpc) is 3.19. The maximum atomic E-state index is 12.4. The Kier molecular flexibility index (Phi) is 7.47. The third-order valence-corrected chi connectivity index (χ3v) is 6.13. The van der Waals surface area contributed by atoms with Crippen LogP contribution in [0.5, 0.6) is 11.5 Å². The molecule has 176 valence electrons. The summed E-state index contributed by atoms with van der Waals surface area (Å²) in [6.07, 6.45) is 0. The molecule has 1 amide bonds. The Morgan fingerprint density at radius 2 is 1.67 bits per heavy atom. The number of nitrogens with zero attached hydrogens (tertiary/aromatic N) is 4. The van der Waals surface area contributed by atoms with Gasteiger partial charge < -0.3 is 24.3 Å². The number of amides is 1. The van der Waals surface area contributed by atoms with Gasteiger partial charge >= 0.3 is 0 Å². The molecule has 0 atom stereocenters. The molecule has 1 aliphatic rings. The van der Waals surface area contributed by atoms with Gasteiger partial charge in [0.25, 0.3) is 5.91 Å². The maximum absolute atomic E-state index is 12.4. The summed E-state index contributed by atoms with van der Waals surface area (Å²) in [4.78, 5) is 22.2. The number of fused-ring (bicyclic) bond motifs is 1. The number of hydrogen-bond acceptors (Lipinski definition) is 6. The van der Waals surface area contributed by atoms with Crippen molar-refractivity contribution in [2.75, 3.05) is 51.8 Å². The number of likely N-dealkylation sites (N-methyl/N-ethyl adjacent to an activating group) is 1. The fraction of sp³-hybridized carbons (Fsp3) is 0.440. The van der Waals surface area contributed by atoms with Gasteiger partial charge in [-0.2, -0.15) is 0 Å². The van der Waals surface area contributed by atoms with E-state index in [1.807, 2.05) is 18.2 Å². The number of carbonyl (C=O) groups excluding carboxylic acids is 1. The maximum Gasteiger partial charge on any atom is 0.262 e. The summed E-state index contributed by atoms with van der Waals surface area (Å²) in [6.45, 7) is 11.5. The van der Waals surface area contributed by atoms with E-state index in [1.54, 1.807) is 31.4 Å². The SMILES string of the molecule is CCN1CCN(Cc2nc3cc(NC(=O)COc4ccc(OC)cc4)ccc3n2CC)CC1. The number of methoxy groups -OCH3 is 1. The zero-order valence-corrected chi connectivity index (χ0v) is 19.7. The summed E-state index contributed by atoms with van der Waals surface area (Å²) in [5, 5.41) is 2.91. The highest BCUT2D eigenvalue weighted by Gasteiger charge is 2.19. The summed E-state index contributed by atoms with van der Waals surface area (Å²) in [5.41, 5.74) is 2.70. The minimum Gasteiger partial charge on any atom is -0.497 e. The van der Waals surface area contributed by atoms with Crippen LogP contribution in [0.3, 0.4) is 0 Å². The van der Waals surface area contributed by atoms with Gasteiger partial charge in [-0.3, -0.25) is 9.69 Å². The molecular weight excluding hydrogens is 418 g/mol. The van der Waals surface area contributed by atoms with Crippen LogP contribution in [-0.2, 0) is 17.9 Å². The smallest absolute Gasteiger partial charge is 0.262 e. The lowest BCUT2D eigenvalue weighted by Crippen LogP contribution is -2.45. The highest BCUT2D eigenvalue weighted by molar-refractivity contribution is 5.94. The Morgan fingerprint density at radius 1 is 0.970 bits per heavy atom. The van der Waals surface area contributed by atoms with Crippen molar-refractivity contribution in [3.63, 3.8) is 0 Å². The summed E-state index contributed by atoms with van der Waals surface area (Å²) in [5.74, 6) is 2.22. The predicted molar refractivity (Wildman–Crippen MR) is 130 cm³/mol. The van der Waals surface area contributed by atoms with E-state index >= 15 is 0 Å². The van der Waals surface area contributed by atoms with Gasteiger partial charge in [-0.25, -0.2) is 4.98 Å². The van der Waals surface area contributed by atoms with Crippen molar-refractivity contribution >= 4 is 22.6 Å². The first-order valence-corrected chi connectivity index (χ1v) is 11.6. The Labute approximate surface area is 195 Å². The second-order valence-corrected chi connectivity index (χ2v) is 8.20. The van der Waals surface area contributed by atoms with Gasteiger partial charge in [0.05, 0.1) is 24.7 Å². The second-order valence-electron chi connectivity index (χ2n) is 8.20. The molecule has 0 spiro atoms. The summed E-state index contributed by atoms with van der Waals surface area (Å²) in [7, 11) is 1.61. The molecule has 3 aromatic rings. The van der Waals surface area contributed by atoms with Crippen molar-refractivity contribution in [3.05, 3.63) is 48.3 Å². The fourth-order valence-electron chi connectivity index (χ4n) is 4.21. The van der Waals surface area contributed by atoms with Crippen molar-refractivity contribution in [2.24, 2.45) is 0 Å². The lowest BCUT2D eigenvalue weighted by atomic mass is 10.2. The molecule has 1 fully saturated rings. The third-order valence-electron chi connectivity index (χ3n) is 6.13. The van der Waals surface area contributed by atoms with Gasteiger partial charge in [0.15, 0.2) is 6.61 Å². The molecule has 0 radical (unpaired) electrons. The average molecular weight is 452 g/mol. The number of rotatable bonds is 9. The number of aromatic nitrogens is 2. The molecule has 1 N–H and O–H groups in total. The number of aryl methyl sites for hydroxylation is 1. The first-order valence-electron chi connectivity index (χ1n) is 11.6. The van der Waals surface area contributed by atoms with E-state index in [4.69, 9.17) is 14.5 Å². The molecule has 2 aromatic carbocycles. The van der Waals surface area contributed by atoms with E-state index in [9.17, 15) is 4.79 Å². The highest BCUT2D eigenvalue weighted by atomic mass is 16.5. The van der Waals surface area contributed by atoms with Gasteiger partial charge in [0, 0.05) is 38.4 Å². The monoisotopic (exact) mass is 451 g/mol. The van der Waals surface area contributed by atoms with E-state index in [1.165, 1.54) is 0 Å². The van der Waals surface area contributed by atoms with Crippen LogP contribution in [0, 0.1) is 0 Å². The molecule has 2 heterocycles. The fourth-order valence-corrected chi connectivity index (χ4v) is 4.21. The van der Waals surface area contributed by atoms with Crippen LogP contribution >= 0.6 is 0 Å². The molecule has 8 heteroatoms. The van der Waals surface area contributed by atoms with Crippen LogP contribution in [0.4, 0.5) is 5.69 Å². The molecule has 0 bridgehead atoms. The van der Waals surface area contributed by atoms with Crippen LogP contribution in [-0.4, -0.2) is 71.7 Å². The van der Waals surface area contributed by atoms with Crippen LogP contribution in [0.2, 0.25) is 0 Å². The summed E-state index contributed by atoms with van der Waals surface area (Å²) < 4.78 is 13.0. The standard InChI is InChI=1S/C25H33N5O3/c1-4-28-12-14-29(15-13-28)17-24-27-22-16-19(6-11-23(22)30(24)5-2)26-25(31)18-33-21-9-7-20(32-3)8-10-21/h6-11,16H,4-5,12-15,17-18H2,1-3H3,(H,26,31). The molecule has 0 saturated carbocycles. The summed E-state index contributed by atoms with van der Waals surface area (Å²) in [6, 6.07) is 13.0. The lowest BCUT2D eigenvalue weighted by molar-refractivity contribution is -0.118. The number of hydrogen-bond donors (Lipinski definition) is 1. The molecule has 0 unspecified atom stereocenters.